The van der Waals surface area contributed by atoms with Crippen molar-refractivity contribution in [2.75, 3.05) is 7.11 Å². The molecule has 0 aromatic heterocycles. The summed E-state index contributed by atoms with van der Waals surface area (Å²) in [4.78, 5) is 3.92. The Labute approximate surface area is 91.0 Å². The molecule has 4 heteroatoms. The van der Waals surface area contributed by atoms with Gasteiger partial charge in [-0.05, 0) is 17.7 Å². The van der Waals surface area contributed by atoms with Gasteiger partial charge in [-0.2, -0.15) is 0 Å². The Bertz CT molecular complexity index is 306. The van der Waals surface area contributed by atoms with Gasteiger partial charge in [0.15, 0.2) is 5.96 Å². The van der Waals surface area contributed by atoms with Crippen molar-refractivity contribution in [2.24, 2.45) is 16.5 Å². The fourth-order valence-corrected chi connectivity index (χ4v) is 1.03. The van der Waals surface area contributed by atoms with E-state index < -0.39 is 0 Å². The number of nitrogens with zero attached hydrogens (tertiary/aromatic N) is 1. The standard InChI is InChI=1S/C9H13N3O.C2H6/c1-13-6-7-3-2-4-8(5-7)12-9(10)11;1-2/h2-5H,6H2,1H3,(H4,10,11,12);1-2H3. The van der Waals surface area contributed by atoms with E-state index in [1.807, 2.05) is 38.1 Å². The third-order valence-electron chi connectivity index (χ3n) is 1.48. The van der Waals surface area contributed by atoms with Crippen LogP contribution in [0.5, 0.6) is 0 Å². The lowest BCUT2D eigenvalue weighted by atomic mass is 10.2. The van der Waals surface area contributed by atoms with Gasteiger partial charge in [0.25, 0.3) is 0 Å². The van der Waals surface area contributed by atoms with Crippen LogP contribution in [0.4, 0.5) is 5.69 Å². The van der Waals surface area contributed by atoms with E-state index in [-0.39, 0.29) is 5.96 Å². The molecule has 1 rings (SSSR count). The number of guanidine groups is 1. The smallest absolute Gasteiger partial charge is 0.191 e. The molecule has 0 aliphatic carbocycles. The van der Waals surface area contributed by atoms with Crippen LogP contribution in [0.3, 0.4) is 0 Å². The maximum absolute atomic E-state index is 5.24. The normalized spacial score (nSPS) is 8.73. The maximum atomic E-state index is 5.24. The quantitative estimate of drug-likeness (QED) is 0.588. The van der Waals surface area contributed by atoms with Crippen LogP contribution in [0.2, 0.25) is 0 Å². The van der Waals surface area contributed by atoms with Gasteiger partial charge < -0.3 is 16.2 Å². The summed E-state index contributed by atoms with van der Waals surface area (Å²) in [5.41, 5.74) is 12.3. The zero-order valence-electron chi connectivity index (χ0n) is 9.53. The molecule has 15 heavy (non-hydrogen) atoms. The minimum Gasteiger partial charge on any atom is -0.380 e. The molecule has 0 heterocycles. The lowest BCUT2D eigenvalue weighted by Crippen LogP contribution is -2.21. The van der Waals surface area contributed by atoms with Crippen LogP contribution >= 0.6 is 0 Å². The molecular weight excluding hydrogens is 190 g/mol. The predicted molar refractivity (Wildman–Crippen MR) is 64.0 cm³/mol. The number of rotatable bonds is 3. The van der Waals surface area contributed by atoms with E-state index in [9.17, 15) is 0 Å². The monoisotopic (exact) mass is 209 g/mol. The molecule has 0 amide bonds. The van der Waals surface area contributed by atoms with Crippen molar-refractivity contribution in [2.45, 2.75) is 20.5 Å². The number of hydrogen-bond donors (Lipinski definition) is 2. The zero-order valence-corrected chi connectivity index (χ0v) is 9.53. The van der Waals surface area contributed by atoms with Crippen molar-refractivity contribution in [1.29, 1.82) is 0 Å². The first-order valence-corrected chi connectivity index (χ1v) is 4.90. The SMILES string of the molecule is CC.COCc1cccc(N=C(N)N)c1. The molecule has 0 unspecified atom stereocenters. The third-order valence-corrected chi connectivity index (χ3v) is 1.48. The van der Waals surface area contributed by atoms with Crippen molar-refractivity contribution >= 4 is 11.6 Å². The van der Waals surface area contributed by atoms with E-state index in [1.54, 1.807) is 7.11 Å². The van der Waals surface area contributed by atoms with Crippen LogP contribution in [0.25, 0.3) is 0 Å². The summed E-state index contributed by atoms with van der Waals surface area (Å²) >= 11 is 0. The molecule has 0 saturated carbocycles. The molecule has 0 bridgehead atoms. The number of nitrogens with two attached hydrogens (primary N) is 2. The summed E-state index contributed by atoms with van der Waals surface area (Å²) in [5.74, 6) is 0.0644. The summed E-state index contributed by atoms with van der Waals surface area (Å²) in [6.45, 7) is 4.56. The van der Waals surface area contributed by atoms with Gasteiger partial charge in [0, 0.05) is 7.11 Å². The number of benzene rings is 1. The van der Waals surface area contributed by atoms with Crippen LogP contribution in [-0.4, -0.2) is 13.1 Å². The van der Waals surface area contributed by atoms with Gasteiger partial charge in [0.05, 0.1) is 12.3 Å². The van der Waals surface area contributed by atoms with Crippen LogP contribution in [0, 0.1) is 0 Å². The van der Waals surface area contributed by atoms with Gasteiger partial charge in [-0.25, -0.2) is 4.99 Å². The second-order valence-corrected chi connectivity index (χ2v) is 2.64. The van der Waals surface area contributed by atoms with Crippen molar-refractivity contribution in [3.8, 4) is 0 Å². The van der Waals surface area contributed by atoms with Gasteiger partial charge in [-0.3, -0.25) is 0 Å². The molecule has 0 spiro atoms. The number of hydrogen-bond acceptors (Lipinski definition) is 2. The van der Waals surface area contributed by atoms with Gasteiger partial charge in [0.2, 0.25) is 0 Å². The molecule has 84 valence electrons. The highest BCUT2D eigenvalue weighted by Crippen LogP contribution is 2.13. The first-order chi connectivity index (χ1) is 7.22. The summed E-state index contributed by atoms with van der Waals surface area (Å²) in [6, 6.07) is 7.55. The summed E-state index contributed by atoms with van der Waals surface area (Å²) in [6.07, 6.45) is 0. The van der Waals surface area contributed by atoms with E-state index >= 15 is 0 Å². The Hall–Kier alpha value is -1.55. The third kappa shape index (κ3) is 5.70. The van der Waals surface area contributed by atoms with Crippen molar-refractivity contribution in [3.63, 3.8) is 0 Å². The lowest BCUT2D eigenvalue weighted by Gasteiger charge is -2.00. The van der Waals surface area contributed by atoms with Crippen molar-refractivity contribution in [3.05, 3.63) is 29.8 Å². The summed E-state index contributed by atoms with van der Waals surface area (Å²) in [5, 5.41) is 0. The van der Waals surface area contributed by atoms with Gasteiger partial charge in [-0.1, -0.05) is 26.0 Å². The van der Waals surface area contributed by atoms with E-state index in [1.165, 1.54) is 0 Å². The molecular formula is C11H19N3O. The Kier molecular flexibility index (Phi) is 7.01. The highest BCUT2D eigenvalue weighted by atomic mass is 16.5. The molecule has 1 aromatic carbocycles. The van der Waals surface area contributed by atoms with E-state index in [4.69, 9.17) is 16.2 Å². The first kappa shape index (κ1) is 13.4. The lowest BCUT2D eigenvalue weighted by molar-refractivity contribution is 0.185. The summed E-state index contributed by atoms with van der Waals surface area (Å²) < 4.78 is 4.98. The minimum atomic E-state index is 0.0644. The Morgan fingerprint density at radius 2 is 2.00 bits per heavy atom. The highest BCUT2D eigenvalue weighted by molar-refractivity contribution is 5.79. The Morgan fingerprint density at radius 1 is 1.33 bits per heavy atom. The molecule has 0 radical (unpaired) electrons. The number of methoxy groups -OCH3 is 1. The molecule has 0 fully saturated rings. The van der Waals surface area contributed by atoms with Crippen LogP contribution in [-0.2, 0) is 11.3 Å². The highest BCUT2D eigenvalue weighted by Gasteiger charge is 1.93. The zero-order chi connectivity index (χ0) is 11.7. The Morgan fingerprint density at radius 3 is 2.53 bits per heavy atom. The molecule has 0 aliphatic heterocycles. The minimum absolute atomic E-state index is 0.0644. The first-order valence-electron chi connectivity index (χ1n) is 4.90. The molecule has 0 atom stereocenters. The van der Waals surface area contributed by atoms with Crippen molar-refractivity contribution < 1.29 is 4.74 Å². The molecule has 0 saturated heterocycles. The predicted octanol–water partition coefficient (Wildman–Crippen LogP) is 1.76. The fraction of sp³-hybridized carbons (Fsp3) is 0.364. The Balaban J connectivity index is 0.000000921. The van der Waals surface area contributed by atoms with Gasteiger partial charge in [-0.15, -0.1) is 0 Å². The van der Waals surface area contributed by atoms with Crippen LogP contribution in [0.15, 0.2) is 29.3 Å². The second-order valence-electron chi connectivity index (χ2n) is 2.64. The fourth-order valence-electron chi connectivity index (χ4n) is 1.03. The summed E-state index contributed by atoms with van der Waals surface area (Å²) in [7, 11) is 1.65. The largest absolute Gasteiger partial charge is 0.380 e. The number of ether oxygens (including phenoxy) is 1. The van der Waals surface area contributed by atoms with Crippen LogP contribution < -0.4 is 11.5 Å². The molecule has 4 N–H and O–H groups in total. The average Bonchev–Trinajstić information content (AvgIpc) is 2.21. The molecule has 4 nitrogen and oxygen atoms in total. The topological polar surface area (TPSA) is 73.6 Å². The molecule has 0 aliphatic rings. The van der Waals surface area contributed by atoms with Gasteiger partial charge >= 0.3 is 0 Å². The number of aliphatic imine (C=N–C) groups is 1. The van der Waals surface area contributed by atoms with E-state index in [0.717, 1.165) is 11.3 Å². The van der Waals surface area contributed by atoms with E-state index in [2.05, 4.69) is 4.99 Å². The molecule has 1 aromatic rings. The maximum Gasteiger partial charge on any atom is 0.191 e. The van der Waals surface area contributed by atoms with Crippen LogP contribution in [0.1, 0.15) is 19.4 Å². The van der Waals surface area contributed by atoms with E-state index in [0.29, 0.717) is 6.61 Å². The second kappa shape index (κ2) is 7.82. The van der Waals surface area contributed by atoms with Gasteiger partial charge in [0.1, 0.15) is 0 Å². The average molecular weight is 209 g/mol. The van der Waals surface area contributed by atoms with Crippen molar-refractivity contribution in [1.82, 2.24) is 0 Å².